The van der Waals surface area contributed by atoms with Crippen LogP contribution < -0.4 is 4.90 Å². The molecule has 0 heterocycles. The van der Waals surface area contributed by atoms with E-state index in [0.717, 1.165) is 17.8 Å². The fraction of sp³-hybridized carbons (Fsp3) is 0.0455. The van der Waals surface area contributed by atoms with Crippen LogP contribution in [0.25, 0.3) is 43.8 Å². The number of hydrogen-bond acceptors (Lipinski definition) is 1. The van der Waals surface area contributed by atoms with Crippen molar-refractivity contribution >= 4 is 38.6 Å². The molecule has 0 aliphatic rings. The Hall–Kier alpha value is -5.66. The van der Waals surface area contributed by atoms with Crippen LogP contribution in [0.4, 0.5) is 17.1 Å². The van der Waals surface area contributed by atoms with E-state index in [0.29, 0.717) is 0 Å². The van der Waals surface area contributed by atoms with Crippen LogP contribution in [0.1, 0.15) is 12.5 Å². The first kappa shape index (κ1) is 28.1. The molecule has 45 heavy (non-hydrogen) atoms. The summed E-state index contributed by atoms with van der Waals surface area (Å²) in [5.74, 6) is 0. The Morgan fingerprint density at radius 3 is 1.80 bits per heavy atom. The summed E-state index contributed by atoms with van der Waals surface area (Å²) in [7, 11) is 0. The summed E-state index contributed by atoms with van der Waals surface area (Å²) in [6, 6.07) is 57.0. The van der Waals surface area contributed by atoms with Crippen molar-refractivity contribution in [3.05, 3.63) is 188 Å². The van der Waals surface area contributed by atoms with Gasteiger partial charge in [-0.1, -0.05) is 146 Å². The molecule has 0 saturated carbocycles. The van der Waals surface area contributed by atoms with Crippen molar-refractivity contribution in [1.82, 2.24) is 0 Å². The first-order valence-corrected chi connectivity index (χ1v) is 15.6. The molecule has 0 aliphatic heterocycles. The van der Waals surface area contributed by atoms with E-state index in [1.54, 1.807) is 0 Å². The number of hydrogen-bond donors (Lipinski definition) is 0. The van der Waals surface area contributed by atoms with Gasteiger partial charge in [-0.15, -0.1) is 0 Å². The number of nitrogens with zero attached hydrogens (tertiary/aromatic N) is 1. The third kappa shape index (κ3) is 5.81. The second-order valence-electron chi connectivity index (χ2n) is 11.3. The van der Waals surface area contributed by atoms with Gasteiger partial charge < -0.3 is 4.90 Å². The van der Waals surface area contributed by atoms with E-state index in [2.05, 4.69) is 187 Å². The average Bonchev–Trinajstić information content (AvgIpc) is 3.11. The molecule has 0 radical (unpaired) electrons. The fourth-order valence-corrected chi connectivity index (χ4v) is 6.23. The first-order chi connectivity index (χ1) is 22.3. The van der Waals surface area contributed by atoms with Crippen LogP contribution in [0, 0.1) is 0 Å². The minimum Gasteiger partial charge on any atom is -0.310 e. The zero-order valence-corrected chi connectivity index (χ0v) is 25.5. The summed E-state index contributed by atoms with van der Waals surface area (Å²) in [5.41, 5.74) is 9.60. The van der Waals surface area contributed by atoms with Gasteiger partial charge in [0, 0.05) is 17.1 Å². The summed E-state index contributed by atoms with van der Waals surface area (Å²) in [6.45, 7) is 2.05. The van der Waals surface area contributed by atoms with Gasteiger partial charge in [-0.2, -0.15) is 0 Å². The highest BCUT2D eigenvalue weighted by molar-refractivity contribution is 6.13. The maximum absolute atomic E-state index is 2.38. The van der Waals surface area contributed by atoms with Crippen molar-refractivity contribution in [1.29, 1.82) is 0 Å². The second-order valence-corrected chi connectivity index (χ2v) is 11.3. The quantitative estimate of drug-likeness (QED) is 0.128. The molecule has 7 aromatic carbocycles. The van der Waals surface area contributed by atoms with E-state index in [1.165, 1.54) is 55.0 Å². The molecule has 0 amide bonds. The highest BCUT2D eigenvalue weighted by Crippen LogP contribution is 2.40. The number of anilines is 3. The van der Waals surface area contributed by atoms with Gasteiger partial charge in [0.2, 0.25) is 0 Å². The molecule has 0 unspecified atom stereocenters. The average molecular weight is 578 g/mol. The number of allylic oxidation sites excluding steroid dienone is 4. The molecule has 0 aromatic heterocycles. The van der Waals surface area contributed by atoms with Crippen LogP contribution in [-0.4, -0.2) is 0 Å². The molecular formula is C44H35N. The zero-order chi connectivity index (χ0) is 30.4. The number of benzene rings is 7. The third-order valence-electron chi connectivity index (χ3n) is 8.45. The van der Waals surface area contributed by atoms with E-state index < -0.39 is 0 Å². The van der Waals surface area contributed by atoms with Crippen molar-refractivity contribution in [2.24, 2.45) is 0 Å². The first-order valence-electron chi connectivity index (χ1n) is 15.6. The van der Waals surface area contributed by atoms with Gasteiger partial charge in [0.15, 0.2) is 0 Å². The highest BCUT2D eigenvalue weighted by atomic mass is 15.1. The van der Waals surface area contributed by atoms with Gasteiger partial charge in [-0.3, -0.25) is 0 Å². The van der Waals surface area contributed by atoms with Crippen molar-refractivity contribution < 1.29 is 0 Å². The molecule has 1 heteroatoms. The van der Waals surface area contributed by atoms with E-state index in [4.69, 9.17) is 0 Å². The van der Waals surface area contributed by atoms with E-state index in [9.17, 15) is 0 Å². The minimum atomic E-state index is 0.847. The van der Waals surface area contributed by atoms with Gasteiger partial charge in [-0.25, -0.2) is 0 Å². The Balaban J connectivity index is 1.33. The molecule has 0 N–H and O–H groups in total. The van der Waals surface area contributed by atoms with Gasteiger partial charge in [0.25, 0.3) is 0 Å². The van der Waals surface area contributed by atoms with Crippen LogP contribution in [0.2, 0.25) is 0 Å². The fourth-order valence-electron chi connectivity index (χ4n) is 6.23. The topological polar surface area (TPSA) is 3.24 Å². The lowest BCUT2D eigenvalue weighted by molar-refractivity contribution is 1.19. The predicted molar refractivity (Wildman–Crippen MR) is 195 cm³/mol. The van der Waals surface area contributed by atoms with Gasteiger partial charge >= 0.3 is 0 Å². The van der Waals surface area contributed by atoms with E-state index in [-0.39, 0.29) is 0 Å². The summed E-state index contributed by atoms with van der Waals surface area (Å²) >= 11 is 0. The molecule has 7 rings (SSSR count). The van der Waals surface area contributed by atoms with Crippen LogP contribution in [0.15, 0.2) is 182 Å². The van der Waals surface area contributed by atoms with Crippen molar-refractivity contribution in [2.45, 2.75) is 13.3 Å². The minimum absolute atomic E-state index is 0.847. The Morgan fingerprint density at radius 1 is 0.489 bits per heavy atom. The van der Waals surface area contributed by atoms with Gasteiger partial charge in [-0.05, 0) is 99.1 Å². The van der Waals surface area contributed by atoms with Crippen molar-refractivity contribution in [3.63, 3.8) is 0 Å². The van der Waals surface area contributed by atoms with E-state index >= 15 is 0 Å². The second kappa shape index (κ2) is 12.9. The molecule has 0 spiro atoms. The number of rotatable bonds is 8. The molecule has 7 aromatic rings. The smallest absolute Gasteiger partial charge is 0.0496 e. The molecule has 0 aliphatic carbocycles. The number of para-hydroxylation sites is 1. The lowest BCUT2D eigenvalue weighted by atomic mass is 9.93. The third-order valence-corrected chi connectivity index (χ3v) is 8.45. The van der Waals surface area contributed by atoms with Crippen molar-refractivity contribution in [3.8, 4) is 22.3 Å². The van der Waals surface area contributed by atoms with Crippen LogP contribution in [-0.2, 0) is 6.42 Å². The Morgan fingerprint density at radius 2 is 1.07 bits per heavy atom. The summed E-state index contributed by atoms with van der Waals surface area (Å²) in [5, 5.41) is 5.11. The molecule has 0 fully saturated rings. The molecule has 0 bridgehead atoms. The Kier molecular flexibility index (Phi) is 8.07. The monoisotopic (exact) mass is 577 g/mol. The molecule has 1 nitrogen and oxygen atoms in total. The van der Waals surface area contributed by atoms with Gasteiger partial charge in [0.05, 0.1) is 0 Å². The normalized spacial score (nSPS) is 11.6. The molecule has 0 saturated heterocycles. The molecule has 216 valence electrons. The summed E-state index contributed by atoms with van der Waals surface area (Å²) < 4.78 is 0. The molecular weight excluding hydrogens is 542 g/mol. The maximum Gasteiger partial charge on any atom is 0.0496 e. The maximum atomic E-state index is 2.38. The molecule has 0 atom stereocenters. The van der Waals surface area contributed by atoms with Crippen molar-refractivity contribution in [2.75, 3.05) is 4.90 Å². The number of fused-ring (bicyclic) bond motifs is 3. The highest BCUT2D eigenvalue weighted by Gasteiger charge is 2.17. The lowest BCUT2D eigenvalue weighted by Gasteiger charge is -2.28. The van der Waals surface area contributed by atoms with E-state index in [1.807, 2.05) is 6.92 Å². The predicted octanol–water partition coefficient (Wildman–Crippen LogP) is 12.5. The van der Waals surface area contributed by atoms with Gasteiger partial charge in [0.1, 0.15) is 0 Å². The summed E-state index contributed by atoms with van der Waals surface area (Å²) in [6.07, 6.45) is 9.34. The summed E-state index contributed by atoms with van der Waals surface area (Å²) in [4.78, 5) is 2.38. The largest absolute Gasteiger partial charge is 0.310 e. The Labute approximate surface area is 266 Å². The van der Waals surface area contributed by atoms with Crippen LogP contribution in [0.3, 0.4) is 0 Å². The lowest BCUT2D eigenvalue weighted by Crippen LogP contribution is -2.12. The standard InChI is InChI=1S/C44H35N/c1-2-3-4-6-17-36-18-10-14-23-44(36)45(38-28-24-34(25-29-38)33-15-7-5-8-16-33)39-30-26-35(27-31-39)43-32-37-19-9-11-20-40(37)41-21-12-13-22-42(41)43/h2-16,18-32H,17H2,1H3/b3-2-,6-4-. The van der Waals surface area contributed by atoms with Crippen LogP contribution >= 0.6 is 0 Å². The Bertz CT molecular complexity index is 2120. The SMILES string of the molecule is C/C=C\C=C/Cc1ccccc1N(c1ccc(-c2ccccc2)cc1)c1ccc(-c2cc3ccccc3c3ccccc23)cc1. The van der Waals surface area contributed by atoms with Crippen LogP contribution in [0.5, 0.6) is 0 Å². The zero-order valence-electron chi connectivity index (χ0n) is 25.5.